The van der Waals surface area contributed by atoms with Crippen LogP contribution in [-0.2, 0) is 4.74 Å². The van der Waals surface area contributed by atoms with Gasteiger partial charge in [-0.1, -0.05) is 62.2 Å². The monoisotopic (exact) mass is 382 g/mol. The van der Waals surface area contributed by atoms with Gasteiger partial charge in [0.05, 0.1) is 12.7 Å². The minimum Gasteiger partial charge on any atom is -0.378 e. The molecule has 1 nitrogen and oxygen atoms in total. The van der Waals surface area contributed by atoms with Crippen LogP contribution in [0.5, 0.6) is 0 Å². The predicted octanol–water partition coefficient (Wildman–Crippen LogP) is 5.46. The molecule has 0 saturated carbocycles. The first-order valence-electron chi connectivity index (χ1n) is 6.59. The number of fused-ring (bicyclic) bond motifs is 1. The molecule has 1 fully saturated rings. The van der Waals surface area contributed by atoms with Crippen LogP contribution in [0.15, 0.2) is 40.9 Å². The molecule has 0 N–H and O–H groups in total. The highest BCUT2D eigenvalue weighted by molar-refractivity contribution is 9.10. The van der Waals surface area contributed by atoms with Gasteiger partial charge < -0.3 is 4.74 Å². The molecule has 0 amide bonds. The van der Waals surface area contributed by atoms with Crippen molar-refractivity contribution >= 4 is 42.6 Å². The Bertz CT molecular complexity index is 596. The summed E-state index contributed by atoms with van der Waals surface area (Å²) in [7, 11) is 0. The standard InChI is InChI=1S/C16H16Br2O/c1-10-8-11(9-19-10)16(18)14-6-7-15(17)13-5-3-2-4-12(13)14/h2-7,10-11,16H,8-9H2,1H3. The van der Waals surface area contributed by atoms with E-state index < -0.39 is 0 Å². The second kappa shape index (κ2) is 5.55. The Labute approximate surface area is 130 Å². The fraction of sp³-hybridized carbons (Fsp3) is 0.375. The van der Waals surface area contributed by atoms with E-state index in [1.165, 1.54) is 16.3 Å². The van der Waals surface area contributed by atoms with Crippen LogP contribution in [0.4, 0.5) is 0 Å². The van der Waals surface area contributed by atoms with E-state index in [2.05, 4.69) is 75.2 Å². The van der Waals surface area contributed by atoms with Crippen LogP contribution in [0.3, 0.4) is 0 Å². The van der Waals surface area contributed by atoms with Gasteiger partial charge in [-0.05, 0) is 35.7 Å². The lowest BCUT2D eigenvalue weighted by Crippen LogP contribution is -2.08. The summed E-state index contributed by atoms with van der Waals surface area (Å²) in [4.78, 5) is 0.357. The summed E-state index contributed by atoms with van der Waals surface area (Å²) in [5, 5.41) is 2.59. The van der Waals surface area contributed by atoms with Crippen molar-refractivity contribution < 1.29 is 4.74 Å². The van der Waals surface area contributed by atoms with E-state index >= 15 is 0 Å². The maximum Gasteiger partial charge on any atom is 0.0551 e. The van der Waals surface area contributed by atoms with E-state index in [-0.39, 0.29) is 0 Å². The summed E-state index contributed by atoms with van der Waals surface area (Å²) in [5.74, 6) is 0.555. The lowest BCUT2D eigenvalue weighted by Gasteiger charge is -2.19. The molecule has 1 aliphatic rings. The van der Waals surface area contributed by atoms with E-state index in [4.69, 9.17) is 4.74 Å². The third-order valence-electron chi connectivity index (χ3n) is 3.85. The summed E-state index contributed by atoms with van der Waals surface area (Å²) in [6.45, 7) is 3.00. The summed E-state index contributed by atoms with van der Waals surface area (Å²) < 4.78 is 6.86. The SMILES string of the molecule is CC1CC(C(Br)c2ccc(Br)c3ccccc23)CO1. The summed E-state index contributed by atoms with van der Waals surface area (Å²) in [6, 6.07) is 12.9. The van der Waals surface area contributed by atoms with Gasteiger partial charge in [-0.15, -0.1) is 0 Å². The Hall–Kier alpha value is -0.380. The largest absolute Gasteiger partial charge is 0.378 e. The van der Waals surface area contributed by atoms with Gasteiger partial charge in [0.25, 0.3) is 0 Å². The van der Waals surface area contributed by atoms with Gasteiger partial charge in [0.2, 0.25) is 0 Å². The zero-order valence-corrected chi connectivity index (χ0v) is 13.9. The van der Waals surface area contributed by atoms with Crippen LogP contribution >= 0.6 is 31.9 Å². The van der Waals surface area contributed by atoms with E-state index in [0.29, 0.717) is 16.8 Å². The molecule has 1 saturated heterocycles. The van der Waals surface area contributed by atoms with E-state index in [1.54, 1.807) is 0 Å². The van der Waals surface area contributed by atoms with Gasteiger partial charge >= 0.3 is 0 Å². The summed E-state index contributed by atoms with van der Waals surface area (Å²) in [5.41, 5.74) is 1.36. The van der Waals surface area contributed by atoms with Crippen LogP contribution in [0, 0.1) is 5.92 Å². The Kier molecular flexibility index (Phi) is 3.97. The van der Waals surface area contributed by atoms with Crippen LogP contribution in [0.1, 0.15) is 23.7 Å². The average molecular weight is 384 g/mol. The first kappa shape index (κ1) is 13.6. The Balaban J connectivity index is 2.03. The number of alkyl halides is 1. The number of hydrogen-bond acceptors (Lipinski definition) is 1. The number of ether oxygens (including phenoxy) is 1. The van der Waals surface area contributed by atoms with Crippen LogP contribution in [0.25, 0.3) is 10.8 Å². The third kappa shape index (κ3) is 2.61. The minimum absolute atomic E-state index is 0.357. The number of halogens is 2. The van der Waals surface area contributed by atoms with Crippen LogP contribution in [0.2, 0.25) is 0 Å². The Morgan fingerprint density at radius 1 is 1.16 bits per heavy atom. The summed E-state index contributed by atoms with van der Waals surface area (Å²) in [6.07, 6.45) is 1.51. The lowest BCUT2D eigenvalue weighted by atomic mass is 9.93. The van der Waals surface area contributed by atoms with Crippen molar-refractivity contribution in [3.05, 3.63) is 46.4 Å². The molecule has 0 bridgehead atoms. The fourth-order valence-electron chi connectivity index (χ4n) is 2.83. The fourth-order valence-corrected chi connectivity index (χ4v) is 4.08. The maximum absolute atomic E-state index is 5.70. The molecule has 0 aromatic heterocycles. The zero-order chi connectivity index (χ0) is 13.4. The molecule has 3 heteroatoms. The summed E-state index contributed by atoms with van der Waals surface area (Å²) >= 11 is 7.52. The third-order valence-corrected chi connectivity index (χ3v) is 5.78. The molecule has 0 radical (unpaired) electrons. The first-order chi connectivity index (χ1) is 9.16. The molecule has 2 aromatic carbocycles. The molecule has 1 heterocycles. The van der Waals surface area contributed by atoms with Gasteiger partial charge in [0.15, 0.2) is 0 Å². The molecule has 3 unspecified atom stereocenters. The molecule has 0 aliphatic carbocycles. The Morgan fingerprint density at radius 3 is 2.58 bits per heavy atom. The minimum atomic E-state index is 0.357. The van der Waals surface area contributed by atoms with Crippen molar-refractivity contribution in [1.82, 2.24) is 0 Å². The number of benzene rings is 2. The molecular weight excluding hydrogens is 368 g/mol. The molecule has 3 atom stereocenters. The normalized spacial score (nSPS) is 24.8. The lowest BCUT2D eigenvalue weighted by molar-refractivity contribution is 0.120. The zero-order valence-electron chi connectivity index (χ0n) is 10.8. The first-order valence-corrected chi connectivity index (χ1v) is 8.30. The maximum atomic E-state index is 5.70. The van der Waals surface area contributed by atoms with Gasteiger partial charge in [-0.3, -0.25) is 0 Å². The van der Waals surface area contributed by atoms with Crippen molar-refractivity contribution in [2.45, 2.75) is 24.3 Å². The average Bonchev–Trinajstić information content (AvgIpc) is 2.86. The Morgan fingerprint density at radius 2 is 1.89 bits per heavy atom. The van der Waals surface area contributed by atoms with Gasteiger partial charge in [-0.25, -0.2) is 0 Å². The van der Waals surface area contributed by atoms with Crippen LogP contribution in [-0.4, -0.2) is 12.7 Å². The topological polar surface area (TPSA) is 9.23 Å². The van der Waals surface area contributed by atoms with E-state index in [1.807, 2.05) is 0 Å². The van der Waals surface area contributed by atoms with Crippen molar-refractivity contribution in [3.8, 4) is 0 Å². The molecule has 19 heavy (non-hydrogen) atoms. The highest BCUT2D eigenvalue weighted by Gasteiger charge is 2.29. The van der Waals surface area contributed by atoms with Crippen LogP contribution < -0.4 is 0 Å². The van der Waals surface area contributed by atoms with Gasteiger partial charge in [0.1, 0.15) is 0 Å². The van der Waals surface area contributed by atoms with E-state index in [0.717, 1.165) is 17.5 Å². The molecule has 1 aliphatic heterocycles. The number of hydrogen-bond donors (Lipinski definition) is 0. The number of rotatable bonds is 2. The van der Waals surface area contributed by atoms with Crippen molar-refractivity contribution in [2.75, 3.05) is 6.61 Å². The molecular formula is C16H16Br2O. The van der Waals surface area contributed by atoms with Gasteiger partial charge in [-0.2, -0.15) is 0 Å². The van der Waals surface area contributed by atoms with Crippen molar-refractivity contribution in [3.63, 3.8) is 0 Å². The predicted molar refractivity (Wildman–Crippen MR) is 86.8 cm³/mol. The molecule has 0 spiro atoms. The van der Waals surface area contributed by atoms with E-state index in [9.17, 15) is 0 Å². The van der Waals surface area contributed by atoms with Crippen molar-refractivity contribution in [1.29, 1.82) is 0 Å². The highest BCUT2D eigenvalue weighted by Crippen LogP contribution is 2.41. The second-order valence-corrected chi connectivity index (χ2v) is 7.06. The molecule has 100 valence electrons. The van der Waals surface area contributed by atoms with Crippen molar-refractivity contribution in [2.24, 2.45) is 5.92 Å². The molecule has 3 rings (SSSR count). The molecule has 2 aromatic rings. The quantitative estimate of drug-likeness (QED) is 0.625. The van der Waals surface area contributed by atoms with Gasteiger partial charge in [0, 0.05) is 15.2 Å². The second-order valence-electron chi connectivity index (χ2n) is 5.22. The smallest absolute Gasteiger partial charge is 0.0551 e. The highest BCUT2D eigenvalue weighted by atomic mass is 79.9.